The SMILES string of the molecule is N#Cc1ccc(C#N)c(C#N)c1C#N.c1cc2ccc3cccc4ccc(c1)c2c34. The lowest BCUT2D eigenvalue weighted by Gasteiger charge is -2.09. The summed E-state index contributed by atoms with van der Waals surface area (Å²) in [5.41, 5.74) is 0.161. The normalized spacial score (nSPS) is 9.87. The molecule has 0 N–H and O–H groups in total. The summed E-state index contributed by atoms with van der Waals surface area (Å²) in [7, 11) is 0. The van der Waals surface area contributed by atoms with E-state index in [1.807, 2.05) is 0 Å². The van der Waals surface area contributed by atoms with Crippen molar-refractivity contribution in [1.82, 2.24) is 0 Å². The van der Waals surface area contributed by atoms with Crippen LogP contribution in [0.3, 0.4) is 0 Å². The monoisotopic (exact) mass is 380 g/mol. The van der Waals surface area contributed by atoms with Gasteiger partial charge in [-0.2, -0.15) is 21.0 Å². The molecule has 4 nitrogen and oxygen atoms in total. The Labute approximate surface area is 173 Å². The van der Waals surface area contributed by atoms with Gasteiger partial charge in [-0.05, 0) is 44.5 Å². The van der Waals surface area contributed by atoms with Gasteiger partial charge in [0.2, 0.25) is 0 Å². The highest BCUT2D eigenvalue weighted by molar-refractivity contribution is 6.22. The Morgan fingerprint density at radius 2 is 0.733 bits per heavy atom. The van der Waals surface area contributed by atoms with E-state index in [0.717, 1.165) is 0 Å². The minimum Gasteiger partial charge on any atom is -0.192 e. The van der Waals surface area contributed by atoms with Gasteiger partial charge in [-0.15, -0.1) is 0 Å². The standard InChI is InChI=1S/C16H10.C10H2N4/c1-3-11-7-9-13-5-2-6-14-10-8-12(4-1)15(11)16(13)14;11-3-7-1-2-8(4-12)10(6-14)9(7)5-13/h1-10H;1-2H. The lowest BCUT2D eigenvalue weighted by Crippen LogP contribution is -1.93. The number of hydrogen-bond donors (Lipinski definition) is 0. The summed E-state index contributed by atoms with van der Waals surface area (Å²) in [5.74, 6) is 0. The van der Waals surface area contributed by atoms with E-state index in [1.165, 1.54) is 44.5 Å². The molecule has 0 aromatic heterocycles. The van der Waals surface area contributed by atoms with Crippen LogP contribution in [0.5, 0.6) is 0 Å². The number of nitriles is 4. The van der Waals surface area contributed by atoms with Crippen LogP contribution in [0.2, 0.25) is 0 Å². The molecule has 0 radical (unpaired) electrons. The van der Waals surface area contributed by atoms with E-state index < -0.39 is 0 Å². The summed E-state index contributed by atoms with van der Waals surface area (Å²) in [5, 5.41) is 42.9. The van der Waals surface area contributed by atoms with Crippen molar-refractivity contribution >= 4 is 32.3 Å². The summed E-state index contributed by atoms with van der Waals surface area (Å²) < 4.78 is 0. The van der Waals surface area contributed by atoms with Gasteiger partial charge in [0.05, 0.1) is 22.3 Å². The molecule has 0 unspecified atom stereocenters. The molecule has 30 heavy (non-hydrogen) atoms. The third-order valence-corrected chi connectivity index (χ3v) is 5.06. The average molecular weight is 380 g/mol. The van der Waals surface area contributed by atoms with E-state index in [2.05, 4.69) is 60.7 Å². The quantitative estimate of drug-likeness (QED) is 0.319. The maximum atomic E-state index is 8.72. The molecule has 5 rings (SSSR count). The highest BCUT2D eigenvalue weighted by Crippen LogP contribution is 2.33. The smallest absolute Gasteiger partial charge is 0.102 e. The Morgan fingerprint density at radius 3 is 1.00 bits per heavy atom. The van der Waals surface area contributed by atoms with E-state index in [0.29, 0.717) is 0 Å². The van der Waals surface area contributed by atoms with Crippen LogP contribution < -0.4 is 0 Å². The topological polar surface area (TPSA) is 95.2 Å². The van der Waals surface area contributed by atoms with Crippen molar-refractivity contribution < 1.29 is 0 Å². The van der Waals surface area contributed by atoms with Crippen LogP contribution in [0.25, 0.3) is 32.3 Å². The first-order valence-corrected chi connectivity index (χ1v) is 9.11. The second-order valence-electron chi connectivity index (χ2n) is 6.65. The number of hydrogen-bond acceptors (Lipinski definition) is 4. The zero-order valence-corrected chi connectivity index (χ0v) is 15.7. The molecular formula is C26H12N4. The number of rotatable bonds is 0. The van der Waals surface area contributed by atoms with Gasteiger partial charge in [0.1, 0.15) is 24.3 Å². The Hall–Kier alpha value is -4.90. The largest absolute Gasteiger partial charge is 0.192 e. The van der Waals surface area contributed by atoms with Crippen LogP contribution in [0.4, 0.5) is 0 Å². The van der Waals surface area contributed by atoms with Crippen LogP contribution in [-0.4, -0.2) is 0 Å². The Morgan fingerprint density at radius 1 is 0.400 bits per heavy atom. The van der Waals surface area contributed by atoms with Crippen molar-refractivity contribution in [3.63, 3.8) is 0 Å². The molecule has 0 spiro atoms. The molecule has 0 aliphatic heterocycles. The van der Waals surface area contributed by atoms with Crippen LogP contribution in [0.1, 0.15) is 22.3 Å². The van der Waals surface area contributed by atoms with Gasteiger partial charge in [-0.3, -0.25) is 0 Å². The molecule has 0 atom stereocenters. The zero-order valence-electron chi connectivity index (χ0n) is 15.7. The van der Waals surface area contributed by atoms with Gasteiger partial charge in [-0.25, -0.2) is 0 Å². The summed E-state index contributed by atoms with van der Waals surface area (Å²) in [6, 6.07) is 31.6. The van der Waals surface area contributed by atoms with Crippen LogP contribution in [-0.2, 0) is 0 Å². The van der Waals surface area contributed by atoms with Crippen molar-refractivity contribution in [2.45, 2.75) is 0 Å². The third kappa shape index (κ3) is 2.93. The summed E-state index contributed by atoms with van der Waals surface area (Å²) in [6.45, 7) is 0. The van der Waals surface area contributed by atoms with E-state index in [-0.39, 0.29) is 22.3 Å². The third-order valence-electron chi connectivity index (χ3n) is 5.06. The van der Waals surface area contributed by atoms with Gasteiger partial charge >= 0.3 is 0 Å². The van der Waals surface area contributed by atoms with Crippen molar-refractivity contribution in [3.8, 4) is 24.3 Å². The average Bonchev–Trinajstić information content (AvgIpc) is 2.82. The van der Waals surface area contributed by atoms with Crippen LogP contribution in [0.15, 0.2) is 72.8 Å². The summed E-state index contributed by atoms with van der Waals surface area (Å²) in [6.07, 6.45) is 0. The molecule has 0 amide bonds. The summed E-state index contributed by atoms with van der Waals surface area (Å²) >= 11 is 0. The number of benzene rings is 5. The molecule has 5 aromatic carbocycles. The molecule has 0 saturated carbocycles. The molecule has 4 heteroatoms. The Balaban J connectivity index is 0.000000147. The van der Waals surface area contributed by atoms with Gasteiger partial charge in [0.25, 0.3) is 0 Å². The molecule has 0 fully saturated rings. The first kappa shape index (κ1) is 18.5. The van der Waals surface area contributed by atoms with Gasteiger partial charge in [-0.1, -0.05) is 60.7 Å². The molecule has 0 aliphatic rings. The van der Waals surface area contributed by atoms with Gasteiger partial charge in [0.15, 0.2) is 0 Å². The first-order chi connectivity index (χ1) is 14.7. The van der Waals surface area contributed by atoms with E-state index in [1.54, 1.807) is 24.3 Å². The summed E-state index contributed by atoms with van der Waals surface area (Å²) in [4.78, 5) is 0. The van der Waals surface area contributed by atoms with Crippen molar-refractivity contribution in [2.24, 2.45) is 0 Å². The minimum atomic E-state index is -0.0333. The highest BCUT2D eigenvalue weighted by atomic mass is 14.3. The molecule has 0 aliphatic carbocycles. The molecule has 0 bridgehead atoms. The maximum absolute atomic E-state index is 8.72. The fourth-order valence-electron chi connectivity index (χ4n) is 3.69. The molecule has 0 saturated heterocycles. The fourth-order valence-corrected chi connectivity index (χ4v) is 3.69. The minimum absolute atomic E-state index is 0.0333. The highest BCUT2D eigenvalue weighted by Gasteiger charge is 2.12. The predicted molar refractivity (Wildman–Crippen MR) is 115 cm³/mol. The number of nitrogens with zero attached hydrogens (tertiary/aromatic N) is 4. The second-order valence-corrected chi connectivity index (χ2v) is 6.65. The molecule has 136 valence electrons. The van der Waals surface area contributed by atoms with Gasteiger partial charge < -0.3 is 0 Å². The second kappa shape index (κ2) is 7.61. The lowest BCUT2D eigenvalue weighted by molar-refractivity contribution is 1.37. The zero-order chi connectivity index (χ0) is 21.1. The van der Waals surface area contributed by atoms with Crippen LogP contribution >= 0.6 is 0 Å². The van der Waals surface area contributed by atoms with E-state index in [9.17, 15) is 0 Å². The lowest BCUT2D eigenvalue weighted by atomic mass is 9.95. The van der Waals surface area contributed by atoms with Gasteiger partial charge in [0, 0.05) is 0 Å². The van der Waals surface area contributed by atoms with E-state index in [4.69, 9.17) is 21.0 Å². The van der Waals surface area contributed by atoms with Crippen molar-refractivity contribution in [1.29, 1.82) is 21.0 Å². The molecule has 0 heterocycles. The molecule has 5 aromatic rings. The van der Waals surface area contributed by atoms with E-state index >= 15 is 0 Å². The first-order valence-electron chi connectivity index (χ1n) is 9.11. The molecular weight excluding hydrogens is 368 g/mol. The predicted octanol–water partition coefficient (Wildman–Crippen LogP) is 5.76. The van der Waals surface area contributed by atoms with Crippen LogP contribution in [0, 0.1) is 45.3 Å². The maximum Gasteiger partial charge on any atom is 0.102 e. The fraction of sp³-hybridized carbons (Fsp3) is 0. The van der Waals surface area contributed by atoms with Crippen molar-refractivity contribution in [3.05, 3.63) is 95.1 Å². The van der Waals surface area contributed by atoms with Crippen molar-refractivity contribution in [2.75, 3.05) is 0 Å². The Kier molecular flexibility index (Phi) is 4.69. The Bertz CT molecular complexity index is 1400.